The van der Waals surface area contributed by atoms with Gasteiger partial charge in [-0.15, -0.1) is 11.3 Å². The number of hydrogen-bond acceptors (Lipinski definition) is 3. The Hall–Kier alpha value is -1.40. The fraction of sp³-hybridized carbons (Fsp3) is 0.400. The van der Waals surface area contributed by atoms with Crippen LogP contribution in [0.2, 0.25) is 0 Å². The maximum absolute atomic E-state index is 12.7. The van der Waals surface area contributed by atoms with Crippen molar-refractivity contribution in [2.24, 2.45) is 0 Å². The number of thiazole rings is 1. The van der Waals surface area contributed by atoms with Crippen molar-refractivity contribution in [1.82, 2.24) is 10.3 Å². The number of halogens is 3. The van der Waals surface area contributed by atoms with Crippen LogP contribution in [0, 0.1) is 6.92 Å². The molecule has 0 saturated heterocycles. The third kappa shape index (κ3) is 4.04. The minimum Gasteiger partial charge on any atom is -0.313 e. The SMILES string of the molecule is CCCNCc1ccc(C)cc1-c1cnc(C(F)(F)F)s1. The van der Waals surface area contributed by atoms with Gasteiger partial charge in [0.2, 0.25) is 0 Å². The number of nitrogens with zero attached hydrogens (tertiary/aromatic N) is 1. The van der Waals surface area contributed by atoms with E-state index in [0.29, 0.717) is 22.8 Å². The summed E-state index contributed by atoms with van der Waals surface area (Å²) >= 11 is 0.691. The average molecular weight is 314 g/mol. The van der Waals surface area contributed by atoms with Gasteiger partial charge in [-0.1, -0.05) is 30.7 Å². The van der Waals surface area contributed by atoms with E-state index in [4.69, 9.17) is 0 Å². The van der Waals surface area contributed by atoms with Crippen molar-refractivity contribution in [1.29, 1.82) is 0 Å². The fourth-order valence-corrected chi connectivity index (χ4v) is 2.84. The van der Waals surface area contributed by atoms with Crippen molar-refractivity contribution in [2.45, 2.75) is 33.0 Å². The molecule has 1 aromatic heterocycles. The predicted molar refractivity (Wildman–Crippen MR) is 79.3 cm³/mol. The lowest BCUT2D eigenvalue weighted by atomic mass is 10.0. The zero-order chi connectivity index (χ0) is 15.5. The summed E-state index contributed by atoms with van der Waals surface area (Å²) in [4.78, 5) is 4.06. The van der Waals surface area contributed by atoms with Gasteiger partial charge in [0, 0.05) is 12.7 Å². The first-order valence-corrected chi connectivity index (χ1v) is 7.57. The van der Waals surface area contributed by atoms with Crippen LogP contribution in [0.1, 0.15) is 29.5 Å². The highest BCUT2D eigenvalue weighted by Crippen LogP contribution is 2.37. The van der Waals surface area contributed by atoms with Crippen LogP contribution in [0.5, 0.6) is 0 Å². The number of aromatic nitrogens is 1. The molecule has 0 fully saturated rings. The van der Waals surface area contributed by atoms with Gasteiger partial charge in [-0.2, -0.15) is 13.2 Å². The van der Waals surface area contributed by atoms with Crippen molar-refractivity contribution >= 4 is 11.3 Å². The lowest BCUT2D eigenvalue weighted by Gasteiger charge is -2.10. The van der Waals surface area contributed by atoms with E-state index in [1.54, 1.807) is 0 Å². The van der Waals surface area contributed by atoms with Gasteiger partial charge in [0.25, 0.3) is 0 Å². The molecule has 0 unspecified atom stereocenters. The molecule has 0 saturated carbocycles. The lowest BCUT2D eigenvalue weighted by molar-refractivity contribution is -0.137. The van der Waals surface area contributed by atoms with Crippen molar-refractivity contribution in [3.8, 4) is 10.4 Å². The molecule has 0 amide bonds. The zero-order valence-electron chi connectivity index (χ0n) is 11.9. The summed E-state index contributed by atoms with van der Waals surface area (Å²) in [6.45, 7) is 5.52. The molecule has 2 nitrogen and oxygen atoms in total. The first-order valence-electron chi connectivity index (χ1n) is 6.75. The second-order valence-electron chi connectivity index (χ2n) is 4.86. The molecule has 0 atom stereocenters. The van der Waals surface area contributed by atoms with Crippen molar-refractivity contribution < 1.29 is 13.2 Å². The Balaban J connectivity index is 2.33. The van der Waals surface area contributed by atoms with E-state index in [1.807, 2.05) is 25.1 Å². The Morgan fingerprint density at radius 1 is 1.29 bits per heavy atom. The monoisotopic (exact) mass is 314 g/mol. The number of alkyl halides is 3. The van der Waals surface area contributed by atoms with Crippen LogP contribution in [0.4, 0.5) is 13.2 Å². The summed E-state index contributed by atoms with van der Waals surface area (Å²) in [6.07, 6.45) is -2.06. The maximum Gasteiger partial charge on any atom is 0.443 e. The van der Waals surface area contributed by atoms with Gasteiger partial charge in [0.15, 0.2) is 5.01 Å². The van der Waals surface area contributed by atoms with Gasteiger partial charge >= 0.3 is 6.18 Å². The third-order valence-corrected chi connectivity index (χ3v) is 4.10. The molecule has 1 heterocycles. The van der Waals surface area contributed by atoms with Crippen molar-refractivity contribution in [2.75, 3.05) is 6.54 Å². The van der Waals surface area contributed by atoms with Crippen LogP contribution >= 0.6 is 11.3 Å². The van der Waals surface area contributed by atoms with E-state index < -0.39 is 11.2 Å². The number of hydrogen-bond donors (Lipinski definition) is 1. The molecule has 0 radical (unpaired) electrons. The molecular formula is C15H17F3N2S. The van der Waals surface area contributed by atoms with Crippen LogP contribution in [0.3, 0.4) is 0 Å². The summed E-state index contributed by atoms with van der Waals surface area (Å²) in [7, 11) is 0. The predicted octanol–water partition coefficient (Wildman–Crippen LogP) is 4.64. The van der Waals surface area contributed by atoms with Crippen LogP contribution in [0.25, 0.3) is 10.4 Å². The summed E-state index contributed by atoms with van der Waals surface area (Å²) in [5.74, 6) is 0. The van der Waals surface area contributed by atoms with Gasteiger partial charge in [0.1, 0.15) is 0 Å². The Kier molecular flexibility index (Phi) is 5.00. The Labute approximate surface area is 126 Å². The molecule has 0 aliphatic heterocycles. The number of rotatable bonds is 5. The fourth-order valence-electron chi connectivity index (χ4n) is 2.00. The molecule has 114 valence electrons. The van der Waals surface area contributed by atoms with Gasteiger partial charge in [-0.3, -0.25) is 0 Å². The number of nitrogens with one attached hydrogen (secondary N) is 1. The van der Waals surface area contributed by atoms with Gasteiger partial charge < -0.3 is 5.32 Å². The molecule has 1 N–H and O–H groups in total. The van der Waals surface area contributed by atoms with E-state index in [1.165, 1.54) is 6.20 Å². The quantitative estimate of drug-likeness (QED) is 0.813. The highest BCUT2D eigenvalue weighted by molar-refractivity contribution is 7.15. The van der Waals surface area contributed by atoms with E-state index in [0.717, 1.165) is 29.7 Å². The first kappa shape index (κ1) is 16.0. The largest absolute Gasteiger partial charge is 0.443 e. The lowest BCUT2D eigenvalue weighted by Crippen LogP contribution is -2.14. The summed E-state index contributed by atoms with van der Waals surface area (Å²) in [6, 6.07) is 5.84. The molecule has 0 bridgehead atoms. The van der Waals surface area contributed by atoms with Crippen molar-refractivity contribution in [3.63, 3.8) is 0 Å². The summed E-state index contributed by atoms with van der Waals surface area (Å²) in [5.41, 5.74) is 2.84. The topological polar surface area (TPSA) is 24.9 Å². The molecule has 21 heavy (non-hydrogen) atoms. The highest BCUT2D eigenvalue weighted by atomic mass is 32.1. The van der Waals surface area contributed by atoms with E-state index >= 15 is 0 Å². The van der Waals surface area contributed by atoms with Gasteiger partial charge in [-0.25, -0.2) is 4.98 Å². The minimum atomic E-state index is -4.38. The Morgan fingerprint density at radius 2 is 2.05 bits per heavy atom. The maximum atomic E-state index is 12.7. The number of benzene rings is 1. The Morgan fingerprint density at radius 3 is 2.67 bits per heavy atom. The summed E-state index contributed by atoms with van der Waals surface area (Å²) in [5, 5.41) is 2.48. The standard InChI is InChI=1S/C15H17F3N2S/c1-3-6-19-8-11-5-4-10(2)7-12(11)13-9-20-14(21-13)15(16,17)18/h4-5,7,9,19H,3,6,8H2,1-2H3. The van der Waals surface area contributed by atoms with Crippen molar-refractivity contribution in [3.05, 3.63) is 40.5 Å². The van der Waals surface area contributed by atoms with Crippen LogP contribution in [-0.2, 0) is 12.7 Å². The molecule has 2 aromatic rings. The van der Waals surface area contributed by atoms with E-state index in [-0.39, 0.29) is 0 Å². The highest BCUT2D eigenvalue weighted by Gasteiger charge is 2.34. The second kappa shape index (κ2) is 6.58. The zero-order valence-corrected chi connectivity index (χ0v) is 12.7. The molecule has 0 spiro atoms. The average Bonchev–Trinajstić information content (AvgIpc) is 2.90. The smallest absolute Gasteiger partial charge is 0.313 e. The van der Waals surface area contributed by atoms with E-state index in [2.05, 4.69) is 17.2 Å². The normalized spacial score (nSPS) is 11.9. The van der Waals surface area contributed by atoms with Gasteiger partial charge in [0.05, 0.1) is 4.88 Å². The molecule has 0 aliphatic carbocycles. The second-order valence-corrected chi connectivity index (χ2v) is 5.90. The molecule has 0 aliphatic rings. The van der Waals surface area contributed by atoms with Crippen LogP contribution in [0.15, 0.2) is 24.4 Å². The van der Waals surface area contributed by atoms with Gasteiger partial charge in [-0.05, 0) is 31.0 Å². The Bertz CT molecular complexity index is 605. The number of aryl methyl sites for hydroxylation is 1. The molecular weight excluding hydrogens is 297 g/mol. The van der Waals surface area contributed by atoms with Crippen LogP contribution < -0.4 is 5.32 Å². The third-order valence-electron chi connectivity index (χ3n) is 3.02. The first-order chi connectivity index (χ1) is 9.91. The molecule has 2 rings (SSSR count). The molecule has 1 aromatic carbocycles. The molecule has 6 heteroatoms. The summed E-state index contributed by atoms with van der Waals surface area (Å²) < 4.78 is 38.0. The van der Waals surface area contributed by atoms with E-state index in [9.17, 15) is 13.2 Å². The minimum absolute atomic E-state index is 0.555. The van der Waals surface area contributed by atoms with Crippen LogP contribution in [-0.4, -0.2) is 11.5 Å².